The molecule has 1 N–H and O–H groups in total. The van der Waals surface area contributed by atoms with Gasteiger partial charge in [0.1, 0.15) is 23.3 Å². The number of amides is 2. The maximum absolute atomic E-state index is 14.8. The first kappa shape index (κ1) is 37.5. The Bertz CT molecular complexity index is 1250. The zero-order valence-corrected chi connectivity index (χ0v) is 29.7. The summed E-state index contributed by atoms with van der Waals surface area (Å²) in [6.07, 6.45) is 3.25. The number of benzene rings is 2. The van der Waals surface area contributed by atoms with Gasteiger partial charge in [-0.25, -0.2) is 9.59 Å². The predicted molar refractivity (Wildman–Crippen MR) is 186 cm³/mol. The molecule has 3 rings (SSSR count). The summed E-state index contributed by atoms with van der Waals surface area (Å²) in [5, 5.41) is 2.86. The predicted octanol–water partition coefficient (Wildman–Crippen LogP) is 7.13. The minimum atomic E-state index is -0.983. The molecule has 1 saturated carbocycles. The molecule has 8 nitrogen and oxygen atoms in total. The van der Waals surface area contributed by atoms with E-state index in [-0.39, 0.29) is 18.4 Å². The van der Waals surface area contributed by atoms with Crippen LogP contribution in [0.2, 0.25) is 0 Å². The molecule has 0 aliphatic heterocycles. The smallest absolute Gasteiger partial charge is 0.408 e. The molecule has 0 aromatic heterocycles. The normalized spacial score (nSPS) is 15.1. The highest BCUT2D eigenvalue weighted by atomic mass is 35.5. The molecule has 0 spiro atoms. The van der Waals surface area contributed by atoms with Crippen LogP contribution >= 0.6 is 23.2 Å². The number of hydrogen-bond donors (Lipinski definition) is 1. The Morgan fingerprint density at radius 3 is 1.87 bits per heavy atom. The van der Waals surface area contributed by atoms with E-state index in [2.05, 4.69) is 10.2 Å². The molecule has 0 heterocycles. The van der Waals surface area contributed by atoms with E-state index >= 15 is 0 Å². The lowest BCUT2D eigenvalue weighted by atomic mass is 9.98. The molecular formula is C36H51Cl2N3O5. The summed E-state index contributed by atoms with van der Waals surface area (Å²) in [4.78, 5) is 45.7. The van der Waals surface area contributed by atoms with Crippen LogP contribution in [0.1, 0.15) is 78.4 Å². The molecule has 0 saturated heterocycles. The van der Waals surface area contributed by atoms with Gasteiger partial charge in [-0.05, 0) is 77.6 Å². The molecule has 10 heteroatoms. The summed E-state index contributed by atoms with van der Waals surface area (Å²) < 4.78 is 11.5. The van der Waals surface area contributed by atoms with Gasteiger partial charge in [0, 0.05) is 49.4 Å². The van der Waals surface area contributed by atoms with E-state index in [1.54, 1.807) is 25.7 Å². The lowest BCUT2D eigenvalue weighted by Gasteiger charge is -2.39. The van der Waals surface area contributed by atoms with Crippen LogP contribution in [0.5, 0.6) is 0 Å². The number of carbonyl (C=O) groups is 3. The van der Waals surface area contributed by atoms with Crippen LogP contribution in [-0.4, -0.2) is 77.0 Å². The maximum atomic E-state index is 14.8. The Hall–Kier alpha value is -2.97. The Kier molecular flexibility index (Phi) is 14.1. The average molecular weight is 677 g/mol. The van der Waals surface area contributed by atoms with Crippen LogP contribution in [0.25, 0.3) is 0 Å². The number of hydrogen-bond acceptors (Lipinski definition) is 6. The van der Waals surface area contributed by atoms with Crippen LogP contribution in [-0.2, 0) is 31.9 Å². The molecular weight excluding hydrogens is 625 g/mol. The van der Waals surface area contributed by atoms with Gasteiger partial charge < -0.3 is 24.6 Å². The topological polar surface area (TPSA) is 88.2 Å². The Balaban J connectivity index is 2.02. The molecule has 46 heavy (non-hydrogen) atoms. The first-order valence-electron chi connectivity index (χ1n) is 16.2. The number of carbonyl (C=O) groups excluding carboxylic acids is 3. The van der Waals surface area contributed by atoms with Crippen molar-refractivity contribution >= 4 is 46.9 Å². The molecule has 0 radical (unpaired) electrons. The van der Waals surface area contributed by atoms with Gasteiger partial charge in [-0.2, -0.15) is 0 Å². The van der Waals surface area contributed by atoms with Crippen molar-refractivity contribution in [1.29, 1.82) is 0 Å². The van der Waals surface area contributed by atoms with Gasteiger partial charge in [0.05, 0.1) is 0 Å². The molecule has 2 atom stereocenters. The number of nitrogens with one attached hydrogen (secondary N) is 1. The first-order valence-corrected chi connectivity index (χ1v) is 17.3. The second kappa shape index (κ2) is 17.3. The van der Waals surface area contributed by atoms with E-state index < -0.39 is 35.3 Å². The van der Waals surface area contributed by atoms with Crippen LogP contribution in [0.3, 0.4) is 0 Å². The van der Waals surface area contributed by atoms with Gasteiger partial charge in [-0.3, -0.25) is 4.79 Å². The Labute approximate surface area is 285 Å². The van der Waals surface area contributed by atoms with Crippen molar-refractivity contribution in [3.8, 4) is 0 Å². The SMILES string of the molecule is CC(C)(C)OC(=O)N[C@@H](Cc1ccc(N(CCCl)CCCl)cc1)C(=O)N(C1CCCC1)[C@@H](Cc1ccccc1)C(=O)OC(C)(C)C. The second-order valence-electron chi connectivity index (χ2n) is 13.9. The van der Waals surface area contributed by atoms with Crippen molar-refractivity contribution in [1.82, 2.24) is 10.2 Å². The van der Waals surface area contributed by atoms with Crippen molar-refractivity contribution < 1.29 is 23.9 Å². The van der Waals surface area contributed by atoms with Gasteiger partial charge in [0.15, 0.2) is 0 Å². The van der Waals surface area contributed by atoms with Gasteiger partial charge >= 0.3 is 12.1 Å². The molecule has 0 unspecified atom stereocenters. The van der Waals surface area contributed by atoms with E-state index in [1.807, 2.05) is 75.4 Å². The molecule has 1 fully saturated rings. The van der Waals surface area contributed by atoms with E-state index in [4.69, 9.17) is 32.7 Å². The summed E-state index contributed by atoms with van der Waals surface area (Å²) in [7, 11) is 0. The highest BCUT2D eigenvalue weighted by Crippen LogP contribution is 2.29. The molecule has 254 valence electrons. The standard InChI is InChI=1S/C36H51Cl2N3O5/c1-35(2,3)45-33(43)31(25-26-12-8-7-9-13-26)41(29-14-10-11-15-29)32(42)30(39-34(44)46-36(4,5)6)24-27-16-18-28(19-17-27)40(22-20-37)23-21-38/h7-9,12-13,16-19,29-31H,10-11,14-15,20-25H2,1-6H3,(H,39,44)/t30-,31-/m0/s1. The molecule has 2 aromatic carbocycles. The summed E-state index contributed by atoms with van der Waals surface area (Å²) in [6, 6.07) is 15.5. The Morgan fingerprint density at radius 2 is 1.35 bits per heavy atom. The third-order valence-electron chi connectivity index (χ3n) is 7.70. The summed E-state index contributed by atoms with van der Waals surface area (Å²) in [5.41, 5.74) is 1.23. The van der Waals surface area contributed by atoms with Crippen molar-refractivity contribution in [3.63, 3.8) is 0 Å². The minimum Gasteiger partial charge on any atom is -0.458 e. The second-order valence-corrected chi connectivity index (χ2v) is 14.6. The third kappa shape index (κ3) is 12.0. The summed E-state index contributed by atoms with van der Waals surface area (Å²) >= 11 is 12.0. The molecule has 1 aliphatic carbocycles. The molecule has 0 bridgehead atoms. The van der Waals surface area contributed by atoms with Crippen molar-refractivity contribution in [2.24, 2.45) is 0 Å². The molecule has 2 amide bonds. The highest BCUT2D eigenvalue weighted by Gasteiger charge is 2.42. The zero-order chi connectivity index (χ0) is 33.9. The van der Waals surface area contributed by atoms with E-state index in [1.165, 1.54) is 0 Å². The summed E-state index contributed by atoms with van der Waals surface area (Å²) in [5.74, 6) is 0.136. The van der Waals surface area contributed by atoms with Crippen LogP contribution in [0.15, 0.2) is 54.6 Å². The fraction of sp³-hybridized carbons (Fsp3) is 0.583. The number of nitrogens with zero attached hydrogens (tertiary/aromatic N) is 2. The van der Waals surface area contributed by atoms with E-state index in [0.29, 0.717) is 31.3 Å². The monoisotopic (exact) mass is 675 g/mol. The number of ether oxygens (including phenoxy) is 2. The fourth-order valence-electron chi connectivity index (χ4n) is 5.76. The number of rotatable bonds is 14. The fourth-order valence-corrected chi connectivity index (χ4v) is 6.16. The molecule has 2 aromatic rings. The minimum absolute atomic E-state index is 0.168. The lowest BCUT2D eigenvalue weighted by molar-refractivity contribution is -0.167. The number of alkyl halides is 2. The molecule has 1 aliphatic rings. The quantitative estimate of drug-likeness (QED) is 0.169. The third-order valence-corrected chi connectivity index (χ3v) is 8.04. The Morgan fingerprint density at radius 1 is 0.804 bits per heavy atom. The number of esters is 1. The highest BCUT2D eigenvalue weighted by molar-refractivity contribution is 6.18. The first-order chi connectivity index (χ1) is 21.7. The largest absolute Gasteiger partial charge is 0.458 e. The summed E-state index contributed by atoms with van der Waals surface area (Å²) in [6.45, 7) is 12.1. The number of anilines is 1. The van der Waals surface area contributed by atoms with Crippen LogP contribution < -0.4 is 10.2 Å². The average Bonchev–Trinajstić information content (AvgIpc) is 3.50. The van der Waals surface area contributed by atoms with Crippen molar-refractivity contribution in [2.45, 2.75) is 109 Å². The van der Waals surface area contributed by atoms with Crippen molar-refractivity contribution in [2.75, 3.05) is 29.7 Å². The zero-order valence-electron chi connectivity index (χ0n) is 28.2. The van der Waals surface area contributed by atoms with Crippen molar-refractivity contribution in [3.05, 3.63) is 65.7 Å². The number of alkyl carbamates (subject to hydrolysis) is 1. The van der Waals surface area contributed by atoms with Gasteiger partial charge in [-0.1, -0.05) is 55.3 Å². The van der Waals surface area contributed by atoms with Crippen LogP contribution in [0, 0.1) is 0 Å². The van der Waals surface area contributed by atoms with E-state index in [9.17, 15) is 14.4 Å². The van der Waals surface area contributed by atoms with Gasteiger partial charge in [0.25, 0.3) is 0 Å². The lowest BCUT2D eigenvalue weighted by Crippen LogP contribution is -2.59. The van der Waals surface area contributed by atoms with Gasteiger partial charge in [0.2, 0.25) is 5.91 Å². The van der Waals surface area contributed by atoms with E-state index in [0.717, 1.165) is 42.5 Å². The van der Waals surface area contributed by atoms with Gasteiger partial charge in [-0.15, -0.1) is 23.2 Å². The van der Waals surface area contributed by atoms with Crippen LogP contribution in [0.4, 0.5) is 10.5 Å². The maximum Gasteiger partial charge on any atom is 0.408 e. The number of halogens is 2.